The van der Waals surface area contributed by atoms with E-state index < -0.39 is 6.67 Å². The van der Waals surface area contributed by atoms with Crippen molar-refractivity contribution >= 4 is 0 Å². The number of methoxy groups -OCH3 is 1. The van der Waals surface area contributed by atoms with Gasteiger partial charge in [-0.15, -0.1) is 0 Å². The monoisotopic (exact) mass is 225 g/mol. The average molecular weight is 225 g/mol. The van der Waals surface area contributed by atoms with Crippen LogP contribution in [0, 0.1) is 0 Å². The third kappa shape index (κ3) is 2.11. The number of halogens is 1. The molecule has 0 saturated heterocycles. The van der Waals surface area contributed by atoms with Crippen molar-refractivity contribution in [2.24, 2.45) is 5.73 Å². The smallest absolute Gasteiger partial charge is 0.161 e. The van der Waals surface area contributed by atoms with Crippen molar-refractivity contribution in [3.8, 4) is 11.5 Å². The van der Waals surface area contributed by atoms with E-state index in [0.29, 0.717) is 11.5 Å². The molecule has 0 amide bonds. The predicted octanol–water partition coefficient (Wildman–Crippen LogP) is 1.99. The molecule has 1 aliphatic carbocycles. The van der Waals surface area contributed by atoms with E-state index in [1.165, 1.54) is 0 Å². The van der Waals surface area contributed by atoms with E-state index in [2.05, 4.69) is 0 Å². The van der Waals surface area contributed by atoms with Crippen molar-refractivity contribution in [3.63, 3.8) is 0 Å². The van der Waals surface area contributed by atoms with Gasteiger partial charge in [0, 0.05) is 5.54 Å². The van der Waals surface area contributed by atoms with Crippen LogP contribution in [0.5, 0.6) is 11.5 Å². The molecule has 0 atom stereocenters. The second-order valence-electron chi connectivity index (χ2n) is 4.06. The maximum atomic E-state index is 12.1. The Balaban J connectivity index is 2.24. The molecule has 1 aromatic rings. The third-order valence-electron chi connectivity index (χ3n) is 2.86. The lowest BCUT2D eigenvalue weighted by Gasteiger charge is -2.14. The Morgan fingerprint density at radius 3 is 2.69 bits per heavy atom. The van der Waals surface area contributed by atoms with Crippen LogP contribution in [0.1, 0.15) is 18.4 Å². The minimum absolute atomic E-state index is 0.0391. The van der Waals surface area contributed by atoms with Gasteiger partial charge in [-0.1, -0.05) is 6.07 Å². The van der Waals surface area contributed by atoms with Gasteiger partial charge in [0.05, 0.1) is 7.11 Å². The maximum Gasteiger partial charge on any atom is 0.161 e. The van der Waals surface area contributed by atoms with Crippen LogP contribution in [-0.2, 0) is 5.54 Å². The fraction of sp³-hybridized carbons (Fsp3) is 0.500. The van der Waals surface area contributed by atoms with E-state index in [-0.39, 0.29) is 12.1 Å². The highest BCUT2D eigenvalue weighted by atomic mass is 19.1. The topological polar surface area (TPSA) is 44.5 Å². The molecule has 0 bridgehead atoms. The highest BCUT2D eigenvalue weighted by molar-refractivity contribution is 5.46. The zero-order valence-electron chi connectivity index (χ0n) is 9.33. The standard InChI is InChI=1S/C12H16FNO2/c1-15-10-3-2-9(12(14)4-5-12)8-11(10)16-7-6-13/h2-3,8H,4-7,14H2,1H3. The summed E-state index contributed by atoms with van der Waals surface area (Å²) in [5.74, 6) is 1.18. The second kappa shape index (κ2) is 4.29. The van der Waals surface area contributed by atoms with E-state index in [9.17, 15) is 4.39 Å². The van der Waals surface area contributed by atoms with Crippen molar-refractivity contribution in [2.45, 2.75) is 18.4 Å². The van der Waals surface area contributed by atoms with Gasteiger partial charge in [-0.3, -0.25) is 0 Å². The van der Waals surface area contributed by atoms with Crippen LogP contribution >= 0.6 is 0 Å². The van der Waals surface area contributed by atoms with Crippen molar-refractivity contribution < 1.29 is 13.9 Å². The summed E-state index contributed by atoms with van der Waals surface area (Å²) < 4.78 is 22.5. The first kappa shape index (κ1) is 11.2. The molecule has 4 heteroatoms. The van der Waals surface area contributed by atoms with E-state index in [1.54, 1.807) is 7.11 Å². The molecule has 2 N–H and O–H groups in total. The summed E-state index contributed by atoms with van der Waals surface area (Å²) in [5, 5.41) is 0. The van der Waals surface area contributed by atoms with Gasteiger partial charge in [-0.2, -0.15) is 0 Å². The van der Waals surface area contributed by atoms with Gasteiger partial charge in [-0.05, 0) is 30.5 Å². The largest absolute Gasteiger partial charge is 0.493 e. The van der Waals surface area contributed by atoms with Gasteiger partial charge >= 0.3 is 0 Å². The van der Waals surface area contributed by atoms with Gasteiger partial charge < -0.3 is 15.2 Å². The summed E-state index contributed by atoms with van der Waals surface area (Å²) in [4.78, 5) is 0. The Morgan fingerprint density at radius 2 is 2.12 bits per heavy atom. The molecule has 3 nitrogen and oxygen atoms in total. The number of nitrogens with two attached hydrogens (primary N) is 1. The minimum atomic E-state index is -0.513. The molecule has 1 fully saturated rings. The molecule has 1 aliphatic rings. The SMILES string of the molecule is COc1ccc(C2(N)CC2)cc1OCCF. The first-order valence-electron chi connectivity index (χ1n) is 5.36. The van der Waals surface area contributed by atoms with Crippen LogP contribution in [0.2, 0.25) is 0 Å². The molecular formula is C12H16FNO2. The number of hydrogen-bond acceptors (Lipinski definition) is 3. The molecule has 0 aromatic heterocycles. The lowest BCUT2D eigenvalue weighted by atomic mass is 10.1. The summed E-state index contributed by atoms with van der Waals surface area (Å²) >= 11 is 0. The van der Waals surface area contributed by atoms with Gasteiger partial charge in [0.2, 0.25) is 0 Å². The Kier molecular flexibility index (Phi) is 3.01. The molecular weight excluding hydrogens is 209 g/mol. The highest BCUT2D eigenvalue weighted by Crippen LogP contribution is 2.44. The van der Waals surface area contributed by atoms with E-state index >= 15 is 0 Å². The van der Waals surface area contributed by atoms with Crippen LogP contribution in [0.25, 0.3) is 0 Å². The number of rotatable bonds is 5. The van der Waals surface area contributed by atoms with Gasteiger partial charge in [0.25, 0.3) is 0 Å². The summed E-state index contributed by atoms with van der Waals surface area (Å²) in [7, 11) is 1.56. The van der Waals surface area contributed by atoms with Crippen LogP contribution in [0.15, 0.2) is 18.2 Å². The highest BCUT2D eigenvalue weighted by Gasteiger charge is 2.40. The molecule has 0 heterocycles. The molecule has 1 saturated carbocycles. The van der Waals surface area contributed by atoms with Crippen LogP contribution in [-0.4, -0.2) is 20.4 Å². The Hall–Kier alpha value is -1.29. The van der Waals surface area contributed by atoms with Crippen molar-refractivity contribution in [2.75, 3.05) is 20.4 Å². The fourth-order valence-electron chi connectivity index (χ4n) is 1.67. The Morgan fingerprint density at radius 1 is 1.38 bits per heavy atom. The minimum Gasteiger partial charge on any atom is -0.493 e. The molecule has 0 radical (unpaired) electrons. The van der Waals surface area contributed by atoms with Gasteiger partial charge in [0.1, 0.15) is 13.3 Å². The maximum absolute atomic E-state index is 12.1. The number of alkyl halides is 1. The van der Waals surface area contributed by atoms with Crippen LogP contribution in [0.4, 0.5) is 4.39 Å². The molecule has 2 rings (SSSR count). The van der Waals surface area contributed by atoms with Crippen LogP contribution < -0.4 is 15.2 Å². The molecule has 0 unspecified atom stereocenters. The Bertz CT molecular complexity index is 377. The summed E-state index contributed by atoms with van der Waals surface area (Å²) in [6, 6.07) is 5.60. The Labute approximate surface area is 94.3 Å². The van der Waals surface area contributed by atoms with E-state index in [4.69, 9.17) is 15.2 Å². The normalized spacial score (nSPS) is 16.9. The number of hydrogen-bond donors (Lipinski definition) is 1. The quantitative estimate of drug-likeness (QED) is 0.833. The first-order chi connectivity index (χ1) is 7.69. The van der Waals surface area contributed by atoms with Crippen molar-refractivity contribution in [3.05, 3.63) is 23.8 Å². The molecule has 0 aliphatic heterocycles. The van der Waals surface area contributed by atoms with E-state index in [1.807, 2.05) is 18.2 Å². The molecule has 88 valence electrons. The zero-order valence-corrected chi connectivity index (χ0v) is 9.33. The molecule has 1 aromatic carbocycles. The van der Waals surface area contributed by atoms with Crippen LogP contribution in [0.3, 0.4) is 0 Å². The number of benzene rings is 1. The molecule has 16 heavy (non-hydrogen) atoms. The van der Waals surface area contributed by atoms with Crippen molar-refractivity contribution in [1.82, 2.24) is 0 Å². The lowest BCUT2D eigenvalue weighted by molar-refractivity contribution is 0.259. The molecule has 0 spiro atoms. The second-order valence-corrected chi connectivity index (χ2v) is 4.06. The summed E-state index contributed by atoms with van der Waals surface area (Å²) in [5.41, 5.74) is 6.91. The average Bonchev–Trinajstić information content (AvgIpc) is 3.05. The zero-order chi connectivity index (χ0) is 11.6. The summed E-state index contributed by atoms with van der Waals surface area (Å²) in [6.45, 7) is -0.474. The number of ether oxygens (including phenoxy) is 2. The summed E-state index contributed by atoms with van der Waals surface area (Å²) in [6.07, 6.45) is 1.98. The van der Waals surface area contributed by atoms with E-state index in [0.717, 1.165) is 18.4 Å². The van der Waals surface area contributed by atoms with Gasteiger partial charge in [0.15, 0.2) is 11.5 Å². The first-order valence-corrected chi connectivity index (χ1v) is 5.36. The fourth-order valence-corrected chi connectivity index (χ4v) is 1.67. The lowest BCUT2D eigenvalue weighted by Crippen LogP contribution is -2.18. The van der Waals surface area contributed by atoms with Gasteiger partial charge in [-0.25, -0.2) is 4.39 Å². The van der Waals surface area contributed by atoms with Crippen molar-refractivity contribution in [1.29, 1.82) is 0 Å². The third-order valence-corrected chi connectivity index (χ3v) is 2.86. The predicted molar refractivity (Wildman–Crippen MR) is 59.6 cm³/mol.